The smallest absolute Gasteiger partial charge is 0.206 e. The lowest BCUT2D eigenvalue weighted by Crippen LogP contribution is -2.06. The summed E-state index contributed by atoms with van der Waals surface area (Å²) in [4.78, 5) is 12.7. The van der Waals surface area contributed by atoms with E-state index in [2.05, 4.69) is 0 Å². The molecule has 10 heteroatoms. The highest BCUT2D eigenvalue weighted by atomic mass is 16.7. The number of rotatable bonds is 11. The van der Waals surface area contributed by atoms with Gasteiger partial charge in [0.05, 0.1) is 7.11 Å². The lowest BCUT2D eigenvalue weighted by molar-refractivity contribution is 0.0308. The fourth-order valence-electron chi connectivity index (χ4n) is 2.96. The summed E-state index contributed by atoms with van der Waals surface area (Å²) < 4.78 is 42.7. The summed E-state index contributed by atoms with van der Waals surface area (Å²) in [7, 11) is 5.90. The number of aromatic hydroxyl groups is 1. The monoisotopic (exact) mass is 448 g/mol. The summed E-state index contributed by atoms with van der Waals surface area (Å²) in [5, 5.41) is 10.3. The molecule has 0 aliphatic heterocycles. The zero-order valence-corrected chi connectivity index (χ0v) is 18.1. The third-order valence-electron chi connectivity index (χ3n) is 4.31. The van der Waals surface area contributed by atoms with Gasteiger partial charge in [-0.1, -0.05) is 0 Å². The van der Waals surface area contributed by atoms with Gasteiger partial charge >= 0.3 is 0 Å². The van der Waals surface area contributed by atoms with Crippen molar-refractivity contribution in [3.05, 3.63) is 40.6 Å². The topological polar surface area (TPSA) is 115 Å². The largest absolute Gasteiger partial charge is 0.507 e. The van der Waals surface area contributed by atoms with Crippen molar-refractivity contribution in [2.24, 2.45) is 0 Å². The Kier molecular flexibility index (Phi) is 7.77. The molecule has 172 valence electrons. The van der Waals surface area contributed by atoms with Crippen LogP contribution in [0.5, 0.6) is 28.7 Å². The molecule has 1 N–H and O–H groups in total. The lowest BCUT2D eigenvalue weighted by Gasteiger charge is -2.16. The van der Waals surface area contributed by atoms with Gasteiger partial charge in [0, 0.05) is 45.1 Å². The molecule has 3 rings (SSSR count). The molecular weight excluding hydrogens is 424 g/mol. The second-order valence-corrected chi connectivity index (χ2v) is 6.45. The number of ether oxygens (including phenoxy) is 7. The number of benzene rings is 2. The molecule has 1 heterocycles. The van der Waals surface area contributed by atoms with E-state index in [1.807, 2.05) is 0 Å². The van der Waals surface area contributed by atoms with Crippen molar-refractivity contribution in [2.45, 2.75) is 0 Å². The van der Waals surface area contributed by atoms with Crippen LogP contribution in [0.15, 0.2) is 39.5 Å². The van der Waals surface area contributed by atoms with Gasteiger partial charge in [-0.05, 0) is 12.1 Å². The Bertz CT molecular complexity index is 1120. The van der Waals surface area contributed by atoms with Gasteiger partial charge in [0.15, 0.2) is 37.3 Å². The van der Waals surface area contributed by atoms with Gasteiger partial charge in [-0.2, -0.15) is 0 Å². The summed E-state index contributed by atoms with van der Waals surface area (Å²) in [5.41, 5.74) is 0.172. The van der Waals surface area contributed by atoms with E-state index in [0.717, 1.165) is 0 Å². The number of hydrogen-bond donors (Lipinski definition) is 1. The molecule has 10 nitrogen and oxygen atoms in total. The molecule has 0 unspecified atom stereocenters. The van der Waals surface area contributed by atoms with E-state index >= 15 is 0 Å². The van der Waals surface area contributed by atoms with Crippen LogP contribution in [0.1, 0.15) is 0 Å². The highest BCUT2D eigenvalue weighted by molar-refractivity contribution is 5.86. The number of phenolic OH excluding ortho intramolecular Hbond substituents is 1. The maximum absolute atomic E-state index is 12.7. The number of methoxy groups -OCH3 is 4. The molecule has 0 bridgehead atoms. The molecule has 0 saturated carbocycles. The Balaban J connectivity index is 2.14. The molecule has 0 radical (unpaired) electrons. The summed E-state index contributed by atoms with van der Waals surface area (Å²) in [6, 6.07) is 7.32. The van der Waals surface area contributed by atoms with E-state index in [1.165, 1.54) is 46.6 Å². The minimum Gasteiger partial charge on any atom is -0.507 e. The fraction of sp³-hybridized carbons (Fsp3) is 0.318. The predicted molar refractivity (Wildman–Crippen MR) is 114 cm³/mol. The molecule has 1 aromatic heterocycles. The van der Waals surface area contributed by atoms with Crippen molar-refractivity contribution < 1.29 is 42.7 Å². The third kappa shape index (κ3) is 5.05. The molecular formula is C22H24O10. The van der Waals surface area contributed by atoms with Crippen molar-refractivity contribution in [1.29, 1.82) is 0 Å². The van der Waals surface area contributed by atoms with E-state index in [-0.39, 0.29) is 48.6 Å². The number of hydrogen-bond acceptors (Lipinski definition) is 10. The van der Waals surface area contributed by atoms with Crippen LogP contribution in [0.4, 0.5) is 0 Å². The van der Waals surface area contributed by atoms with Crippen LogP contribution < -0.4 is 24.4 Å². The quantitative estimate of drug-likeness (QED) is 0.439. The Labute approximate surface area is 183 Å². The summed E-state index contributed by atoms with van der Waals surface area (Å²) >= 11 is 0. The third-order valence-corrected chi connectivity index (χ3v) is 4.31. The van der Waals surface area contributed by atoms with Crippen LogP contribution in [0.3, 0.4) is 0 Å². The molecule has 0 saturated heterocycles. The average molecular weight is 448 g/mol. The van der Waals surface area contributed by atoms with Crippen LogP contribution in [0, 0.1) is 0 Å². The molecule has 3 aromatic rings. The number of phenols is 1. The Morgan fingerprint density at radius 3 is 2.16 bits per heavy atom. The predicted octanol–water partition coefficient (Wildman–Crippen LogP) is 3.12. The van der Waals surface area contributed by atoms with Crippen molar-refractivity contribution in [2.75, 3.05) is 48.8 Å². The number of fused-ring (bicyclic) bond motifs is 1. The second kappa shape index (κ2) is 10.7. The first-order valence-corrected chi connectivity index (χ1v) is 9.40. The summed E-state index contributed by atoms with van der Waals surface area (Å²) in [5.74, 6) is 1.14. The zero-order chi connectivity index (χ0) is 23.1. The summed E-state index contributed by atoms with van der Waals surface area (Å²) in [6.07, 6.45) is 0. The molecule has 2 aromatic carbocycles. The Hall–Kier alpha value is -3.47. The van der Waals surface area contributed by atoms with Gasteiger partial charge < -0.3 is 42.7 Å². The van der Waals surface area contributed by atoms with Gasteiger partial charge in [0.2, 0.25) is 5.75 Å². The standard InChI is InChI=1S/C22H24O10/c1-25-10-29-14-7-15(23)21-16(24)9-17(32-18(21)8-14)13-5-19(28-4)22(31-12-27-3)20(6-13)30-11-26-2/h5-9,23H,10-12H2,1-4H3. The van der Waals surface area contributed by atoms with E-state index < -0.39 is 5.43 Å². The molecule has 0 aliphatic carbocycles. The normalized spacial score (nSPS) is 10.9. The van der Waals surface area contributed by atoms with Crippen LogP contribution in [-0.2, 0) is 14.2 Å². The fourth-order valence-corrected chi connectivity index (χ4v) is 2.96. The van der Waals surface area contributed by atoms with Gasteiger partial charge in [0.1, 0.15) is 28.2 Å². The van der Waals surface area contributed by atoms with E-state index in [1.54, 1.807) is 12.1 Å². The van der Waals surface area contributed by atoms with Gasteiger partial charge in [-0.25, -0.2) is 0 Å². The van der Waals surface area contributed by atoms with Crippen molar-refractivity contribution >= 4 is 11.0 Å². The van der Waals surface area contributed by atoms with Crippen LogP contribution >= 0.6 is 0 Å². The second-order valence-electron chi connectivity index (χ2n) is 6.45. The summed E-state index contributed by atoms with van der Waals surface area (Å²) in [6.45, 7) is -0.117. The van der Waals surface area contributed by atoms with Crippen LogP contribution in [-0.4, -0.2) is 53.9 Å². The molecule has 0 aliphatic rings. The minimum absolute atomic E-state index is 0.0291. The zero-order valence-electron chi connectivity index (χ0n) is 18.1. The molecule has 0 spiro atoms. The average Bonchev–Trinajstić information content (AvgIpc) is 2.79. The maximum Gasteiger partial charge on any atom is 0.206 e. The highest BCUT2D eigenvalue weighted by Gasteiger charge is 2.19. The van der Waals surface area contributed by atoms with Crippen molar-refractivity contribution in [3.63, 3.8) is 0 Å². The lowest BCUT2D eigenvalue weighted by atomic mass is 10.1. The van der Waals surface area contributed by atoms with Gasteiger partial charge in [-0.3, -0.25) is 4.79 Å². The highest BCUT2D eigenvalue weighted by Crippen LogP contribution is 2.42. The van der Waals surface area contributed by atoms with Crippen molar-refractivity contribution in [3.8, 4) is 40.1 Å². The van der Waals surface area contributed by atoms with Gasteiger partial charge in [-0.15, -0.1) is 0 Å². The van der Waals surface area contributed by atoms with Crippen molar-refractivity contribution in [1.82, 2.24) is 0 Å². The van der Waals surface area contributed by atoms with Gasteiger partial charge in [0.25, 0.3) is 0 Å². The molecule has 0 amide bonds. The van der Waals surface area contributed by atoms with E-state index in [4.69, 9.17) is 37.6 Å². The first-order chi connectivity index (χ1) is 15.5. The molecule has 0 fully saturated rings. The maximum atomic E-state index is 12.7. The Morgan fingerprint density at radius 1 is 0.812 bits per heavy atom. The molecule has 32 heavy (non-hydrogen) atoms. The first-order valence-electron chi connectivity index (χ1n) is 9.40. The Morgan fingerprint density at radius 2 is 1.47 bits per heavy atom. The minimum atomic E-state index is -0.435. The SMILES string of the molecule is COCOc1cc(O)c2c(=O)cc(-c3cc(OC)c(OCOC)c(OCOC)c3)oc2c1. The van der Waals surface area contributed by atoms with E-state index in [9.17, 15) is 9.90 Å². The molecule has 0 atom stereocenters. The van der Waals surface area contributed by atoms with Crippen LogP contribution in [0.25, 0.3) is 22.3 Å². The van der Waals surface area contributed by atoms with E-state index in [0.29, 0.717) is 22.8 Å². The van der Waals surface area contributed by atoms with Crippen LogP contribution in [0.2, 0.25) is 0 Å². The first kappa shape index (κ1) is 23.2.